The molecular weight excluding hydrogens is 700 g/mol. The van der Waals surface area contributed by atoms with E-state index in [0.29, 0.717) is 29.9 Å². The van der Waals surface area contributed by atoms with Crippen LogP contribution in [0.3, 0.4) is 0 Å². The van der Waals surface area contributed by atoms with Gasteiger partial charge in [0.15, 0.2) is 11.6 Å². The zero-order chi connectivity index (χ0) is 31.1. The van der Waals surface area contributed by atoms with Crippen LogP contribution in [0.5, 0.6) is 5.75 Å². The van der Waals surface area contributed by atoms with Crippen molar-refractivity contribution in [3.05, 3.63) is 134 Å². The summed E-state index contributed by atoms with van der Waals surface area (Å²) in [4.78, 5) is 19.2. The molecule has 1 amide bonds. The Kier molecular flexibility index (Phi) is 10.4. The molecule has 1 heterocycles. The molecule has 0 saturated heterocycles. The predicted octanol–water partition coefficient (Wildman–Crippen LogP) is 6.57. The maximum atomic E-state index is 14.2. The Labute approximate surface area is 270 Å². The molecule has 5 rings (SSSR count). The van der Waals surface area contributed by atoms with Crippen molar-refractivity contribution in [2.24, 2.45) is 4.99 Å². The van der Waals surface area contributed by atoms with Crippen LogP contribution < -0.4 is 15.6 Å². The van der Waals surface area contributed by atoms with Gasteiger partial charge >= 0.3 is 0 Å². The highest BCUT2D eigenvalue weighted by Gasteiger charge is 2.53. The summed E-state index contributed by atoms with van der Waals surface area (Å²) < 4.78 is 41.4. The van der Waals surface area contributed by atoms with Crippen LogP contribution in [-0.4, -0.2) is 35.7 Å². The average Bonchev–Trinajstić information content (AvgIpc) is 3.39. The maximum absolute atomic E-state index is 14.2. The van der Waals surface area contributed by atoms with Crippen molar-refractivity contribution in [1.82, 2.24) is 10.9 Å². The fourth-order valence-corrected chi connectivity index (χ4v) is 5.41. The number of nitrogens with zero attached hydrogens (tertiary/aromatic N) is 1. The van der Waals surface area contributed by atoms with E-state index in [9.17, 15) is 13.6 Å². The van der Waals surface area contributed by atoms with Crippen LogP contribution in [0.4, 0.5) is 8.78 Å². The average molecular weight is 729 g/mol. The smallest absolute Gasteiger partial charge is 0.266 e. The van der Waals surface area contributed by atoms with Gasteiger partial charge in [-0.15, -0.1) is 0 Å². The molecule has 3 N–H and O–H groups in total. The Hall–Kier alpha value is -3.64. The SMILES string of the molecule is O=C(NNCc1cc(F)cc(F)c1)[C@@]1(Cc2ccc(Br)cc2)N=C(c2ccc(OCCCO)cc2)O[C@H]1c1ccc(Br)cc1. The van der Waals surface area contributed by atoms with Gasteiger partial charge in [0, 0.05) is 46.6 Å². The first-order valence-corrected chi connectivity index (χ1v) is 15.4. The van der Waals surface area contributed by atoms with Crippen LogP contribution in [-0.2, 0) is 22.5 Å². The number of hydrogen-bond acceptors (Lipinski definition) is 6. The fourth-order valence-electron chi connectivity index (χ4n) is 4.88. The van der Waals surface area contributed by atoms with Crippen LogP contribution in [0.15, 0.2) is 105 Å². The fraction of sp³-hybridized carbons (Fsp3) is 0.212. The summed E-state index contributed by atoms with van der Waals surface area (Å²) in [5.74, 6) is -0.998. The number of aliphatic hydroxyl groups excluding tert-OH is 1. The summed E-state index contributed by atoms with van der Waals surface area (Å²) in [6.45, 7) is 0.397. The third kappa shape index (κ3) is 7.71. The van der Waals surface area contributed by atoms with Gasteiger partial charge < -0.3 is 14.6 Å². The molecule has 0 unspecified atom stereocenters. The van der Waals surface area contributed by atoms with Gasteiger partial charge in [0.1, 0.15) is 17.4 Å². The number of rotatable bonds is 12. The van der Waals surface area contributed by atoms with E-state index in [0.717, 1.165) is 26.1 Å². The van der Waals surface area contributed by atoms with E-state index >= 15 is 0 Å². The highest BCUT2D eigenvalue weighted by Crippen LogP contribution is 2.43. The number of carbonyl (C=O) groups is 1. The minimum absolute atomic E-state index is 0.0209. The molecule has 0 radical (unpaired) electrons. The molecule has 0 bridgehead atoms. The molecule has 1 aliphatic heterocycles. The summed E-state index contributed by atoms with van der Waals surface area (Å²) in [6, 6.07) is 25.4. The van der Waals surface area contributed by atoms with Gasteiger partial charge in [0.25, 0.3) is 5.91 Å². The van der Waals surface area contributed by atoms with E-state index < -0.39 is 29.2 Å². The number of hydrazine groups is 1. The lowest BCUT2D eigenvalue weighted by molar-refractivity contribution is -0.130. The molecule has 0 spiro atoms. The molecule has 11 heteroatoms. The van der Waals surface area contributed by atoms with Crippen LogP contribution >= 0.6 is 31.9 Å². The number of hydrogen-bond donors (Lipinski definition) is 3. The normalized spacial score (nSPS) is 17.6. The first-order chi connectivity index (χ1) is 21.3. The first-order valence-electron chi connectivity index (χ1n) is 13.8. The molecule has 4 aromatic carbocycles. The summed E-state index contributed by atoms with van der Waals surface area (Å²) >= 11 is 6.94. The van der Waals surface area contributed by atoms with Crippen LogP contribution in [0.25, 0.3) is 0 Å². The second-order valence-corrected chi connectivity index (χ2v) is 12.1. The lowest BCUT2D eigenvalue weighted by Gasteiger charge is -2.31. The number of amides is 1. The van der Waals surface area contributed by atoms with Gasteiger partial charge in [0.2, 0.25) is 5.90 Å². The predicted molar refractivity (Wildman–Crippen MR) is 170 cm³/mol. The Bertz CT molecular complexity index is 1600. The van der Waals surface area contributed by atoms with Crippen molar-refractivity contribution in [1.29, 1.82) is 0 Å². The van der Waals surface area contributed by atoms with Gasteiger partial charge in [-0.3, -0.25) is 10.2 Å². The molecule has 0 aromatic heterocycles. The molecular formula is C33H29Br2F2N3O4. The van der Waals surface area contributed by atoms with Gasteiger partial charge in [-0.25, -0.2) is 19.2 Å². The lowest BCUT2D eigenvalue weighted by Crippen LogP contribution is -2.53. The van der Waals surface area contributed by atoms with Gasteiger partial charge in [-0.2, -0.15) is 0 Å². The van der Waals surface area contributed by atoms with E-state index in [2.05, 4.69) is 42.7 Å². The number of aliphatic hydroxyl groups is 1. The lowest BCUT2D eigenvalue weighted by atomic mass is 9.82. The quantitative estimate of drug-likeness (QED) is 0.113. The summed E-state index contributed by atoms with van der Waals surface area (Å²) in [5, 5.41) is 9.03. The second-order valence-electron chi connectivity index (χ2n) is 10.2. The molecule has 44 heavy (non-hydrogen) atoms. The number of halogens is 4. The van der Waals surface area contributed by atoms with Crippen LogP contribution in [0.2, 0.25) is 0 Å². The largest absolute Gasteiger partial charge is 0.494 e. The van der Waals surface area contributed by atoms with E-state index in [4.69, 9.17) is 19.6 Å². The van der Waals surface area contributed by atoms with Crippen LogP contribution in [0, 0.1) is 11.6 Å². The maximum Gasteiger partial charge on any atom is 0.266 e. The topological polar surface area (TPSA) is 92.2 Å². The van der Waals surface area contributed by atoms with Crippen molar-refractivity contribution < 1.29 is 28.2 Å². The third-order valence-corrected chi connectivity index (χ3v) is 8.06. The molecule has 0 saturated carbocycles. The number of aliphatic imine (C=N–C) groups is 1. The second kappa shape index (κ2) is 14.4. The zero-order valence-electron chi connectivity index (χ0n) is 23.4. The highest BCUT2D eigenvalue weighted by atomic mass is 79.9. The summed E-state index contributed by atoms with van der Waals surface area (Å²) in [6.07, 6.45) is -0.111. The standard InChI is InChI=1S/C33H29Br2F2N3O4/c34-25-8-2-21(3-9-25)19-33(32(42)40-38-20-22-16-27(36)18-28(37)17-22)30(23-4-10-26(35)11-5-23)44-31(39-33)24-6-12-29(13-7-24)43-15-1-14-41/h2-13,16-18,30,38,41H,1,14-15,19-20H2,(H,40,42)/t30-,33-/m0/s1. The van der Waals surface area contributed by atoms with Gasteiger partial charge in [-0.1, -0.05) is 56.1 Å². The van der Waals surface area contributed by atoms with Crippen molar-refractivity contribution >= 4 is 43.7 Å². The van der Waals surface area contributed by atoms with Gasteiger partial charge in [-0.05, 0) is 77.4 Å². The first kappa shape index (κ1) is 31.8. The van der Waals surface area contributed by atoms with Crippen molar-refractivity contribution in [3.63, 3.8) is 0 Å². The minimum Gasteiger partial charge on any atom is -0.494 e. The van der Waals surface area contributed by atoms with Crippen molar-refractivity contribution in [2.45, 2.75) is 31.0 Å². The Morgan fingerprint density at radius 3 is 2.18 bits per heavy atom. The highest BCUT2D eigenvalue weighted by molar-refractivity contribution is 9.10. The Balaban J connectivity index is 1.51. The van der Waals surface area contributed by atoms with E-state index in [1.165, 1.54) is 12.1 Å². The monoisotopic (exact) mass is 727 g/mol. The van der Waals surface area contributed by atoms with Crippen molar-refractivity contribution in [2.75, 3.05) is 13.2 Å². The van der Waals surface area contributed by atoms with E-state index in [-0.39, 0.29) is 25.5 Å². The molecule has 1 aliphatic rings. The summed E-state index contributed by atoms with van der Waals surface area (Å²) in [5.41, 5.74) is 6.62. The van der Waals surface area contributed by atoms with Gasteiger partial charge in [0.05, 0.1) is 6.61 Å². The Morgan fingerprint density at radius 2 is 1.55 bits per heavy atom. The molecule has 0 aliphatic carbocycles. The number of benzene rings is 4. The number of carbonyl (C=O) groups excluding carboxylic acids is 1. The number of ether oxygens (including phenoxy) is 2. The van der Waals surface area contributed by atoms with E-state index in [1.807, 2.05) is 48.5 Å². The molecule has 2 atom stereocenters. The molecule has 7 nitrogen and oxygen atoms in total. The third-order valence-electron chi connectivity index (χ3n) is 7.01. The molecule has 0 fully saturated rings. The van der Waals surface area contributed by atoms with Crippen molar-refractivity contribution in [3.8, 4) is 5.75 Å². The van der Waals surface area contributed by atoms with E-state index in [1.54, 1.807) is 24.3 Å². The van der Waals surface area contributed by atoms with Crippen LogP contribution in [0.1, 0.15) is 34.8 Å². The zero-order valence-corrected chi connectivity index (χ0v) is 26.6. The number of nitrogens with one attached hydrogen (secondary N) is 2. The summed E-state index contributed by atoms with van der Waals surface area (Å²) in [7, 11) is 0. The molecule has 228 valence electrons. The molecule has 4 aromatic rings. The Morgan fingerprint density at radius 1 is 0.909 bits per heavy atom. The minimum atomic E-state index is -1.46.